The summed E-state index contributed by atoms with van der Waals surface area (Å²) in [6, 6.07) is 14.2. The lowest BCUT2D eigenvalue weighted by molar-refractivity contribution is -0.131. The van der Waals surface area contributed by atoms with E-state index < -0.39 is 11.9 Å². The SMILES string of the molecule is NC(c1ccc(C(=O)Nc2ccncc2)cc1)C1CCCN1C(=O)Cc1ccc(Cl)cc1F. The number of nitrogens with two attached hydrogens (primary N) is 1. The van der Waals surface area contributed by atoms with Crippen molar-refractivity contribution in [2.45, 2.75) is 31.3 Å². The second-order valence-corrected chi connectivity index (χ2v) is 8.48. The molecule has 4 rings (SSSR count). The summed E-state index contributed by atoms with van der Waals surface area (Å²) in [7, 11) is 0. The summed E-state index contributed by atoms with van der Waals surface area (Å²) in [5.74, 6) is -0.886. The van der Waals surface area contributed by atoms with Crippen molar-refractivity contribution in [2.24, 2.45) is 5.73 Å². The molecule has 2 unspecified atom stereocenters. The largest absolute Gasteiger partial charge is 0.338 e. The molecule has 2 heterocycles. The Kier molecular flexibility index (Phi) is 7.01. The Labute approximate surface area is 196 Å². The maximum Gasteiger partial charge on any atom is 0.255 e. The van der Waals surface area contributed by atoms with Gasteiger partial charge in [0.25, 0.3) is 5.91 Å². The molecule has 3 aromatic rings. The number of halogens is 2. The Morgan fingerprint density at radius 2 is 1.88 bits per heavy atom. The Balaban J connectivity index is 1.42. The number of aromatic nitrogens is 1. The van der Waals surface area contributed by atoms with Crippen LogP contribution in [-0.2, 0) is 11.2 Å². The minimum atomic E-state index is -0.489. The summed E-state index contributed by atoms with van der Waals surface area (Å²) < 4.78 is 14.1. The number of nitrogens with zero attached hydrogens (tertiary/aromatic N) is 2. The maximum absolute atomic E-state index is 14.1. The van der Waals surface area contributed by atoms with Crippen molar-refractivity contribution in [3.05, 3.63) is 94.5 Å². The highest BCUT2D eigenvalue weighted by Crippen LogP contribution is 2.29. The molecule has 1 aliphatic heterocycles. The van der Waals surface area contributed by atoms with Crippen molar-refractivity contribution in [1.29, 1.82) is 0 Å². The predicted molar refractivity (Wildman–Crippen MR) is 125 cm³/mol. The van der Waals surface area contributed by atoms with Crippen LogP contribution in [0.3, 0.4) is 0 Å². The first-order valence-electron chi connectivity index (χ1n) is 10.7. The quantitative estimate of drug-likeness (QED) is 0.565. The molecule has 170 valence electrons. The van der Waals surface area contributed by atoms with Crippen LogP contribution in [-0.4, -0.2) is 34.3 Å². The van der Waals surface area contributed by atoms with Gasteiger partial charge in [0, 0.05) is 35.2 Å². The Hall–Kier alpha value is -3.29. The second kappa shape index (κ2) is 10.1. The highest BCUT2D eigenvalue weighted by Gasteiger charge is 2.34. The second-order valence-electron chi connectivity index (χ2n) is 8.05. The van der Waals surface area contributed by atoms with Gasteiger partial charge in [-0.05, 0) is 60.4 Å². The van der Waals surface area contributed by atoms with Gasteiger partial charge in [-0.2, -0.15) is 0 Å². The van der Waals surface area contributed by atoms with Crippen LogP contribution >= 0.6 is 11.6 Å². The van der Waals surface area contributed by atoms with Gasteiger partial charge in [0.05, 0.1) is 18.5 Å². The monoisotopic (exact) mass is 466 g/mol. The number of anilines is 1. The summed E-state index contributed by atoms with van der Waals surface area (Å²) in [6.07, 6.45) is 4.77. The van der Waals surface area contributed by atoms with Crippen LogP contribution in [0.15, 0.2) is 67.0 Å². The van der Waals surface area contributed by atoms with E-state index in [1.165, 1.54) is 12.1 Å². The van der Waals surface area contributed by atoms with Crippen LogP contribution in [0.4, 0.5) is 10.1 Å². The Bertz CT molecular complexity index is 1140. The molecule has 33 heavy (non-hydrogen) atoms. The molecule has 2 amide bonds. The third kappa shape index (κ3) is 5.38. The number of amides is 2. The first-order chi connectivity index (χ1) is 15.9. The Morgan fingerprint density at radius 1 is 1.15 bits per heavy atom. The fraction of sp³-hybridized carbons (Fsp3) is 0.240. The zero-order chi connectivity index (χ0) is 23.4. The summed E-state index contributed by atoms with van der Waals surface area (Å²) in [5.41, 5.74) is 8.83. The molecule has 6 nitrogen and oxygen atoms in total. The highest BCUT2D eigenvalue weighted by molar-refractivity contribution is 6.30. The van der Waals surface area contributed by atoms with Gasteiger partial charge in [-0.15, -0.1) is 0 Å². The van der Waals surface area contributed by atoms with Gasteiger partial charge in [0.15, 0.2) is 0 Å². The van der Waals surface area contributed by atoms with Gasteiger partial charge in [0.1, 0.15) is 5.82 Å². The number of pyridine rings is 1. The van der Waals surface area contributed by atoms with Gasteiger partial charge in [-0.25, -0.2) is 4.39 Å². The van der Waals surface area contributed by atoms with Gasteiger partial charge < -0.3 is 16.0 Å². The smallest absolute Gasteiger partial charge is 0.255 e. The molecule has 0 aliphatic carbocycles. The van der Waals surface area contributed by atoms with Crippen LogP contribution in [0.5, 0.6) is 0 Å². The van der Waals surface area contributed by atoms with Crippen LogP contribution in [0.1, 0.15) is 40.4 Å². The van der Waals surface area contributed by atoms with E-state index in [0.29, 0.717) is 28.4 Å². The number of hydrogen-bond donors (Lipinski definition) is 2. The normalized spacial score (nSPS) is 16.5. The maximum atomic E-state index is 14.1. The molecule has 0 bridgehead atoms. The van der Waals surface area contributed by atoms with E-state index in [9.17, 15) is 14.0 Å². The zero-order valence-corrected chi connectivity index (χ0v) is 18.6. The standard InChI is InChI=1S/C25H24ClFN4O2/c26-19-8-7-18(21(27)15-19)14-23(32)31-13-1-2-22(31)24(28)16-3-5-17(6-4-16)25(33)30-20-9-11-29-12-10-20/h3-12,15,22,24H,1-2,13-14,28H2,(H,29,30,33). The van der Waals surface area contributed by atoms with Gasteiger partial charge in [0.2, 0.25) is 5.91 Å². The van der Waals surface area contributed by atoms with Gasteiger partial charge in [-0.3, -0.25) is 14.6 Å². The first-order valence-corrected chi connectivity index (χ1v) is 11.1. The number of hydrogen-bond acceptors (Lipinski definition) is 4. The van der Waals surface area contributed by atoms with Crippen molar-refractivity contribution in [3.63, 3.8) is 0 Å². The van der Waals surface area contributed by atoms with Crippen molar-refractivity contribution in [1.82, 2.24) is 9.88 Å². The fourth-order valence-corrected chi connectivity index (χ4v) is 4.28. The third-order valence-electron chi connectivity index (χ3n) is 5.89. The minimum Gasteiger partial charge on any atom is -0.338 e. The number of nitrogens with one attached hydrogen (secondary N) is 1. The molecule has 0 spiro atoms. The molecule has 0 radical (unpaired) electrons. The molecule has 1 saturated heterocycles. The van der Waals surface area contributed by atoms with Crippen molar-refractivity contribution < 1.29 is 14.0 Å². The lowest BCUT2D eigenvalue weighted by atomic mass is 9.96. The molecule has 2 aromatic carbocycles. The number of likely N-dealkylation sites (tertiary alicyclic amines) is 1. The summed E-state index contributed by atoms with van der Waals surface area (Å²) in [6.45, 7) is 0.582. The lowest BCUT2D eigenvalue weighted by Crippen LogP contribution is -2.42. The van der Waals surface area contributed by atoms with E-state index in [1.54, 1.807) is 47.6 Å². The minimum absolute atomic E-state index is 0.0413. The zero-order valence-electron chi connectivity index (χ0n) is 17.9. The molecule has 1 fully saturated rings. The Morgan fingerprint density at radius 3 is 2.58 bits per heavy atom. The van der Waals surface area contributed by atoms with E-state index in [4.69, 9.17) is 17.3 Å². The molecule has 2 atom stereocenters. The number of benzene rings is 2. The average Bonchev–Trinajstić information content (AvgIpc) is 3.31. The van der Waals surface area contributed by atoms with Crippen molar-refractivity contribution >= 4 is 29.1 Å². The topological polar surface area (TPSA) is 88.3 Å². The molecule has 1 aliphatic rings. The summed E-state index contributed by atoms with van der Waals surface area (Å²) in [4.78, 5) is 31.1. The van der Waals surface area contributed by atoms with Gasteiger partial charge in [-0.1, -0.05) is 29.8 Å². The molecule has 3 N–H and O–H groups in total. The van der Waals surface area contributed by atoms with E-state index >= 15 is 0 Å². The molecular formula is C25H24ClFN4O2. The third-order valence-corrected chi connectivity index (χ3v) is 6.12. The molecule has 0 saturated carbocycles. The van der Waals surface area contributed by atoms with Crippen molar-refractivity contribution in [3.8, 4) is 0 Å². The van der Waals surface area contributed by atoms with Crippen LogP contribution in [0.25, 0.3) is 0 Å². The van der Waals surface area contributed by atoms with Crippen molar-refractivity contribution in [2.75, 3.05) is 11.9 Å². The molecule has 1 aromatic heterocycles. The van der Waals surface area contributed by atoms with E-state index in [2.05, 4.69) is 10.3 Å². The van der Waals surface area contributed by atoms with Gasteiger partial charge >= 0.3 is 0 Å². The number of rotatable bonds is 6. The van der Waals surface area contributed by atoms with E-state index in [0.717, 1.165) is 18.4 Å². The molecule has 8 heteroatoms. The summed E-state index contributed by atoms with van der Waals surface area (Å²) in [5, 5.41) is 3.11. The highest BCUT2D eigenvalue weighted by atomic mass is 35.5. The van der Waals surface area contributed by atoms with Crippen LogP contribution in [0, 0.1) is 5.82 Å². The lowest BCUT2D eigenvalue weighted by Gasteiger charge is -2.30. The fourth-order valence-electron chi connectivity index (χ4n) is 4.12. The van der Waals surface area contributed by atoms with Crippen LogP contribution in [0.2, 0.25) is 5.02 Å². The van der Waals surface area contributed by atoms with Crippen LogP contribution < -0.4 is 11.1 Å². The number of carbonyl (C=O) groups excluding carboxylic acids is 2. The molecular weight excluding hydrogens is 443 g/mol. The summed E-state index contributed by atoms with van der Waals surface area (Å²) >= 11 is 5.80. The first kappa shape index (κ1) is 22.9. The number of carbonyl (C=O) groups is 2. The average molecular weight is 467 g/mol. The predicted octanol–water partition coefficient (Wildman–Crippen LogP) is 4.36. The van der Waals surface area contributed by atoms with E-state index in [-0.39, 0.29) is 24.3 Å². The van der Waals surface area contributed by atoms with E-state index in [1.807, 2.05) is 12.1 Å².